The zero-order valence-corrected chi connectivity index (χ0v) is 9.65. The van der Waals surface area contributed by atoms with E-state index in [-0.39, 0.29) is 6.04 Å². The Labute approximate surface area is 91.4 Å². The van der Waals surface area contributed by atoms with Crippen molar-refractivity contribution in [2.75, 3.05) is 13.2 Å². The summed E-state index contributed by atoms with van der Waals surface area (Å²) in [4.78, 5) is 4.31. The van der Waals surface area contributed by atoms with E-state index in [4.69, 9.17) is 10.5 Å². The van der Waals surface area contributed by atoms with Crippen LogP contribution < -0.4 is 5.73 Å². The minimum Gasteiger partial charge on any atom is -0.380 e. The van der Waals surface area contributed by atoms with Crippen LogP contribution in [0.25, 0.3) is 0 Å². The SMILES string of the molecule is CCCn1ccnc1CC(N)COCC. The fraction of sp³-hybridized carbons (Fsp3) is 0.727. The number of hydrogen-bond donors (Lipinski definition) is 1. The van der Waals surface area contributed by atoms with Crippen LogP contribution in [-0.4, -0.2) is 28.8 Å². The van der Waals surface area contributed by atoms with Gasteiger partial charge in [-0.05, 0) is 13.3 Å². The van der Waals surface area contributed by atoms with Gasteiger partial charge in [0.1, 0.15) is 5.82 Å². The zero-order valence-electron chi connectivity index (χ0n) is 9.65. The Bertz CT molecular complexity index is 273. The minimum absolute atomic E-state index is 0.0444. The lowest BCUT2D eigenvalue weighted by Gasteiger charge is -2.12. The second kappa shape index (κ2) is 6.58. The van der Waals surface area contributed by atoms with Crippen LogP contribution in [0.4, 0.5) is 0 Å². The standard InChI is InChI=1S/C11H21N3O/c1-3-6-14-7-5-13-11(14)8-10(12)9-15-4-2/h5,7,10H,3-4,6,8-9,12H2,1-2H3. The predicted molar refractivity (Wildman–Crippen MR) is 60.7 cm³/mol. The van der Waals surface area contributed by atoms with E-state index in [1.807, 2.05) is 19.3 Å². The summed E-state index contributed by atoms with van der Waals surface area (Å²) in [6, 6.07) is 0.0444. The molecule has 0 fully saturated rings. The molecule has 0 amide bonds. The molecule has 86 valence electrons. The molecule has 1 unspecified atom stereocenters. The number of aromatic nitrogens is 2. The molecule has 0 aliphatic heterocycles. The summed E-state index contributed by atoms with van der Waals surface area (Å²) in [7, 11) is 0. The van der Waals surface area contributed by atoms with Crippen molar-refractivity contribution < 1.29 is 4.74 Å². The van der Waals surface area contributed by atoms with Crippen molar-refractivity contribution >= 4 is 0 Å². The molecule has 4 heteroatoms. The van der Waals surface area contributed by atoms with Crippen LogP contribution in [-0.2, 0) is 17.7 Å². The molecule has 1 aromatic rings. The van der Waals surface area contributed by atoms with Crippen LogP contribution >= 0.6 is 0 Å². The van der Waals surface area contributed by atoms with Gasteiger partial charge in [-0.2, -0.15) is 0 Å². The Morgan fingerprint density at radius 1 is 1.53 bits per heavy atom. The first kappa shape index (κ1) is 12.2. The summed E-state index contributed by atoms with van der Waals surface area (Å²) in [5.41, 5.74) is 5.94. The Morgan fingerprint density at radius 3 is 3.00 bits per heavy atom. The highest BCUT2D eigenvalue weighted by molar-refractivity contribution is 4.95. The Hall–Kier alpha value is -0.870. The van der Waals surface area contributed by atoms with E-state index in [1.165, 1.54) is 0 Å². The summed E-state index contributed by atoms with van der Waals surface area (Å²) < 4.78 is 7.44. The van der Waals surface area contributed by atoms with Crippen LogP contribution in [0.5, 0.6) is 0 Å². The highest BCUT2D eigenvalue weighted by atomic mass is 16.5. The topological polar surface area (TPSA) is 53.1 Å². The third-order valence-corrected chi connectivity index (χ3v) is 2.25. The number of aryl methyl sites for hydroxylation is 1. The maximum absolute atomic E-state index is 5.94. The number of imidazole rings is 1. The molecule has 0 aliphatic carbocycles. The van der Waals surface area contributed by atoms with Crippen molar-refractivity contribution in [3.8, 4) is 0 Å². The zero-order chi connectivity index (χ0) is 11.1. The number of ether oxygens (including phenoxy) is 1. The van der Waals surface area contributed by atoms with Gasteiger partial charge in [-0.1, -0.05) is 6.92 Å². The van der Waals surface area contributed by atoms with E-state index in [1.54, 1.807) is 0 Å². The van der Waals surface area contributed by atoms with Gasteiger partial charge >= 0.3 is 0 Å². The van der Waals surface area contributed by atoms with Crippen molar-refractivity contribution in [2.24, 2.45) is 5.73 Å². The molecule has 0 aliphatic rings. The number of hydrogen-bond acceptors (Lipinski definition) is 3. The average molecular weight is 211 g/mol. The quantitative estimate of drug-likeness (QED) is 0.737. The summed E-state index contributed by atoms with van der Waals surface area (Å²) in [6.07, 6.45) is 5.74. The molecule has 0 bridgehead atoms. The lowest BCUT2D eigenvalue weighted by molar-refractivity contribution is 0.132. The van der Waals surface area contributed by atoms with Gasteiger partial charge in [0.05, 0.1) is 6.61 Å². The fourth-order valence-corrected chi connectivity index (χ4v) is 1.54. The van der Waals surface area contributed by atoms with E-state index >= 15 is 0 Å². The van der Waals surface area contributed by atoms with Crippen molar-refractivity contribution in [3.63, 3.8) is 0 Å². The lowest BCUT2D eigenvalue weighted by atomic mass is 10.2. The Morgan fingerprint density at radius 2 is 2.33 bits per heavy atom. The van der Waals surface area contributed by atoms with Crippen LogP contribution in [0.1, 0.15) is 26.1 Å². The molecule has 4 nitrogen and oxygen atoms in total. The molecule has 0 radical (unpaired) electrons. The summed E-state index contributed by atoms with van der Waals surface area (Å²) in [6.45, 7) is 6.47. The molecule has 0 spiro atoms. The van der Waals surface area contributed by atoms with Crippen molar-refractivity contribution in [3.05, 3.63) is 18.2 Å². The molecule has 1 rings (SSSR count). The third-order valence-electron chi connectivity index (χ3n) is 2.25. The van der Waals surface area contributed by atoms with Gasteiger partial charge in [-0.3, -0.25) is 0 Å². The van der Waals surface area contributed by atoms with Crippen molar-refractivity contribution in [1.29, 1.82) is 0 Å². The summed E-state index contributed by atoms with van der Waals surface area (Å²) in [5.74, 6) is 1.06. The fourth-order valence-electron chi connectivity index (χ4n) is 1.54. The van der Waals surface area contributed by atoms with Gasteiger partial charge in [-0.15, -0.1) is 0 Å². The third kappa shape index (κ3) is 4.01. The Kier molecular flexibility index (Phi) is 5.36. The minimum atomic E-state index is 0.0444. The molecule has 2 N–H and O–H groups in total. The van der Waals surface area contributed by atoms with Gasteiger partial charge in [0.15, 0.2) is 0 Å². The van der Waals surface area contributed by atoms with Crippen LogP contribution in [0.2, 0.25) is 0 Å². The molecular weight excluding hydrogens is 190 g/mol. The average Bonchev–Trinajstić information content (AvgIpc) is 2.63. The molecule has 1 heterocycles. The Balaban J connectivity index is 2.44. The summed E-state index contributed by atoms with van der Waals surface area (Å²) >= 11 is 0. The number of rotatable bonds is 7. The van der Waals surface area contributed by atoms with E-state index < -0.39 is 0 Å². The van der Waals surface area contributed by atoms with Crippen molar-refractivity contribution in [1.82, 2.24) is 9.55 Å². The summed E-state index contributed by atoms with van der Waals surface area (Å²) in [5, 5.41) is 0. The monoisotopic (exact) mass is 211 g/mol. The second-order valence-corrected chi connectivity index (χ2v) is 3.66. The molecule has 1 aromatic heterocycles. The number of nitrogens with zero attached hydrogens (tertiary/aromatic N) is 2. The smallest absolute Gasteiger partial charge is 0.110 e. The molecule has 0 saturated carbocycles. The van der Waals surface area contributed by atoms with Gasteiger partial charge in [0.2, 0.25) is 0 Å². The molecular formula is C11H21N3O. The largest absolute Gasteiger partial charge is 0.380 e. The first-order chi connectivity index (χ1) is 7.27. The first-order valence-electron chi connectivity index (χ1n) is 5.61. The highest BCUT2D eigenvalue weighted by Crippen LogP contribution is 2.02. The van der Waals surface area contributed by atoms with E-state index in [0.717, 1.165) is 31.8 Å². The van der Waals surface area contributed by atoms with Gasteiger partial charge < -0.3 is 15.0 Å². The van der Waals surface area contributed by atoms with Crippen LogP contribution in [0.3, 0.4) is 0 Å². The van der Waals surface area contributed by atoms with E-state index in [2.05, 4.69) is 16.5 Å². The maximum atomic E-state index is 5.94. The van der Waals surface area contributed by atoms with Crippen molar-refractivity contribution in [2.45, 2.75) is 39.3 Å². The van der Waals surface area contributed by atoms with Crippen LogP contribution in [0.15, 0.2) is 12.4 Å². The van der Waals surface area contributed by atoms with Crippen LogP contribution in [0, 0.1) is 0 Å². The number of nitrogens with two attached hydrogens (primary N) is 1. The van der Waals surface area contributed by atoms with E-state index in [0.29, 0.717) is 6.61 Å². The van der Waals surface area contributed by atoms with E-state index in [9.17, 15) is 0 Å². The predicted octanol–water partition coefficient (Wildman–Crippen LogP) is 1.20. The normalized spacial score (nSPS) is 13.0. The lowest BCUT2D eigenvalue weighted by Crippen LogP contribution is -2.30. The highest BCUT2D eigenvalue weighted by Gasteiger charge is 2.08. The second-order valence-electron chi connectivity index (χ2n) is 3.66. The molecule has 15 heavy (non-hydrogen) atoms. The first-order valence-corrected chi connectivity index (χ1v) is 5.61. The van der Waals surface area contributed by atoms with Gasteiger partial charge in [-0.25, -0.2) is 4.98 Å². The maximum Gasteiger partial charge on any atom is 0.110 e. The van der Waals surface area contributed by atoms with Gasteiger partial charge in [0.25, 0.3) is 0 Å². The molecule has 0 aromatic carbocycles. The molecule has 1 atom stereocenters. The molecule has 0 saturated heterocycles. The van der Waals surface area contributed by atoms with Gasteiger partial charge in [0, 0.05) is 38.0 Å².